The first kappa shape index (κ1) is 15.2. The molecule has 0 unspecified atom stereocenters. The minimum absolute atomic E-state index is 0.0685. The SMILES string of the molecule is N#Cc1ccc2ccn(Cc3csc(C(=O)c4cncnc4)c3)c2c1. The smallest absolute Gasteiger partial charge is 0.206 e. The fourth-order valence-corrected chi connectivity index (χ4v) is 3.59. The fourth-order valence-electron chi connectivity index (χ4n) is 2.72. The Balaban J connectivity index is 1.62. The summed E-state index contributed by atoms with van der Waals surface area (Å²) in [5, 5.41) is 12.2. The summed E-state index contributed by atoms with van der Waals surface area (Å²) in [7, 11) is 0. The number of nitrogens with zero attached hydrogens (tertiary/aromatic N) is 4. The molecule has 3 aromatic heterocycles. The molecule has 0 aliphatic heterocycles. The second kappa shape index (κ2) is 6.30. The van der Waals surface area contributed by atoms with Crippen LogP contribution in [0.3, 0.4) is 0 Å². The van der Waals surface area contributed by atoms with Crippen molar-refractivity contribution in [2.24, 2.45) is 0 Å². The molecule has 120 valence electrons. The molecule has 4 aromatic rings. The topological polar surface area (TPSA) is 71.6 Å². The first-order valence-corrected chi connectivity index (χ1v) is 8.49. The van der Waals surface area contributed by atoms with Gasteiger partial charge in [0.05, 0.1) is 22.1 Å². The Bertz CT molecular complexity index is 1110. The quantitative estimate of drug-likeness (QED) is 0.530. The first-order valence-electron chi connectivity index (χ1n) is 7.61. The molecule has 0 spiro atoms. The number of ketones is 1. The lowest BCUT2D eigenvalue weighted by Gasteiger charge is -2.04. The van der Waals surface area contributed by atoms with Crippen molar-refractivity contribution in [1.82, 2.24) is 14.5 Å². The lowest BCUT2D eigenvalue weighted by molar-refractivity contribution is 0.104. The molecule has 1 aromatic carbocycles. The van der Waals surface area contributed by atoms with Gasteiger partial charge >= 0.3 is 0 Å². The minimum atomic E-state index is -0.0685. The van der Waals surface area contributed by atoms with E-state index in [0.29, 0.717) is 22.5 Å². The highest BCUT2D eigenvalue weighted by Gasteiger charge is 2.13. The van der Waals surface area contributed by atoms with E-state index in [0.717, 1.165) is 16.5 Å². The average molecular weight is 344 g/mol. The van der Waals surface area contributed by atoms with E-state index in [1.165, 1.54) is 30.1 Å². The van der Waals surface area contributed by atoms with E-state index >= 15 is 0 Å². The predicted octanol–water partition coefficient (Wildman–Crippen LogP) is 3.64. The van der Waals surface area contributed by atoms with Crippen LogP contribution in [0.1, 0.15) is 26.4 Å². The first-order chi connectivity index (χ1) is 12.2. The van der Waals surface area contributed by atoms with Crippen molar-refractivity contribution in [3.8, 4) is 6.07 Å². The van der Waals surface area contributed by atoms with Crippen LogP contribution >= 0.6 is 11.3 Å². The van der Waals surface area contributed by atoms with Crippen molar-refractivity contribution in [3.05, 3.63) is 82.2 Å². The number of nitriles is 1. The number of aromatic nitrogens is 3. The van der Waals surface area contributed by atoms with Gasteiger partial charge in [-0.1, -0.05) is 6.07 Å². The molecule has 0 saturated carbocycles. The number of hydrogen-bond donors (Lipinski definition) is 0. The van der Waals surface area contributed by atoms with Crippen LogP contribution in [0.2, 0.25) is 0 Å². The summed E-state index contributed by atoms with van der Waals surface area (Å²) < 4.78 is 2.08. The summed E-state index contributed by atoms with van der Waals surface area (Å²) >= 11 is 1.42. The Morgan fingerprint density at radius 2 is 2.04 bits per heavy atom. The highest BCUT2D eigenvalue weighted by molar-refractivity contribution is 7.12. The summed E-state index contributed by atoms with van der Waals surface area (Å²) in [5.74, 6) is -0.0685. The maximum Gasteiger partial charge on any atom is 0.206 e. The van der Waals surface area contributed by atoms with Crippen molar-refractivity contribution in [1.29, 1.82) is 5.26 Å². The molecule has 0 amide bonds. The molecule has 3 heterocycles. The molecular formula is C19H12N4OS. The number of fused-ring (bicyclic) bond motifs is 1. The van der Waals surface area contributed by atoms with Gasteiger partial charge < -0.3 is 4.57 Å². The van der Waals surface area contributed by atoms with Crippen LogP contribution < -0.4 is 0 Å². The molecule has 0 fully saturated rings. The van der Waals surface area contributed by atoms with Crippen LogP contribution in [-0.2, 0) is 6.54 Å². The molecule has 0 saturated heterocycles. The van der Waals surface area contributed by atoms with Gasteiger partial charge in [0.2, 0.25) is 5.78 Å². The van der Waals surface area contributed by atoms with Crippen LogP contribution in [0.4, 0.5) is 0 Å². The van der Waals surface area contributed by atoms with Crippen LogP contribution in [0.25, 0.3) is 10.9 Å². The van der Waals surface area contributed by atoms with E-state index < -0.39 is 0 Å². The van der Waals surface area contributed by atoms with Crippen molar-refractivity contribution in [2.75, 3.05) is 0 Å². The largest absolute Gasteiger partial charge is 0.343 e. The Morgan fingerprint density at radius 1 is 1.20 bits per heavy atom. The number of hydrogen-bond acceptors (Lipinski definition) is 5. The normalized spacial score (nSPS) is 10.7. The number of carbonyl (C=O) groups is 1. The van der Waals surface area contributed by atoms with Crippen molar-refractivity contribution >= 4 is 28.0 Å². The van der Waals surface area contributed by atoms with Crippen molar-refractivity contribution in [2.45, 2.75) is 6.54 Å². The Hall–Kier alpha value is -3.30. The van der Waals surface area contributed by atoms with Gasteiger partial charge in [-0.05, 0) is 40.6 Å². The lowest BCUT2D eigenvalue weighted by atomic mass is 10.1. The fraction of sp³-hybridized carbons (Fsp3) is 0.0526. The van der Waals surface area contributed by atoms with Crippen LogP contribution in [-0.4, -0.2) is 20.3 Å². The Labute approximate surface area is 147 Å². The summed E-state index contributed by atoms with van der Waals surface area (Å²) in [6, 6.07) is 11.7. The van der Waals surface area contributed by atoms with E-state index in [-0.39, 0.29) is 5.78 Å². The van der Waals surface area contributed by atoms with E-state index in [2.05, 4.69) is 20.6 Å². The second-order valence-corrected chi connectivity index (χ2v) is 6.52. The Morgan fingerprint density at radius 3 is 2.84 bits per heavy atom. The molecule has 0 radical (unpaired) electrons. The molecule has 0 aliphatic carbocycles. The van der Waals surface area contributed by atoms with Gasteiger partial charge in [0.1, 0.15) is 6.33 Å². The van der Waals surface area contributed by atoms with Crippen LogP contribution in [0.15, 0.2) is 60.6 Å². The van der Waals surface area contributed by atoms with E-state index in [1.54, 1.807) is 0 Å². The highest BCUT2D eigenvalue weighted by atomic mass is 32.1. The van der Waals surface area contributed by atoms with Gasteiger partial charge in [0, 0.05) is 30.7 Å². The average Bonchev–Trinajstić information content (AvgIpc) is 3.29. The molecule has 25 heavy (non-hydrogen) atoms. The van der Waals surface area contributed by atoms with Gasteiger partial charge in [-0.25, -0.2) is 9.97 Å². The third-order valence-corrected chi connectivity index (χ3v) is 4.93. The summed E-state index contributed by atoms with van der Waals surface area (Å²) in [5.41, 5.74) is 3.18. The van der Waals surface area contributed by atoms with Crippen LogP contribution in [0.5, 0.6) is 0 Å². The summed E-state index contributed by atoms with van der Waals surface area (Å²) in [6.45, 7) is 0.646. The lowest BCUT2D eigenvalue weighted by Crippen LogP contribution is -2.00. The molecule has 0 bridgehead atoms. The van der Waals surface area contributed by atoms with E-state index in [4.69, 9.17) is 5.26 Å². The van der Waals surface area contributed by atoms with Gasteiger partial charge in [-0.15, -0.1) is 11.3 Å². The molecule has 5 nitrogen and oxygen atoms in total. The predicted molar refractivity (Wildman–Crippen MR) is 95.5 cm³/mol. The molecule has 0 N–H and O–H groups in total. The maximum atomic E-state index is 12.4. The maximum absolute atomic E-state index is 12.4. The molecule has 6 heteroatoms. The third kappa shape index (κ3) is 2.93. The molecule has 4 rings (SSSR count). The summed E-state index contributed by atoms with van der Waals surface area (Å²) in [6.07, 6.45) is 6.45. The van der Waals surface area contributed by atoms with Gasteiger partial charge in [-0.2, -0.15) is 5.26 Å². The van der Waals surface area contributed by atoms with Gasteiger partial charge in [0.15, 0.2) is 0 Å². The Kier molecular flexibility index (Phi) is 3.84. The number of rotatable bonds is 4. The number of benzene rings is 1. The minimum Gasteiger partial charge on any atom is -0.343 e. The molecular weight excluding hydrogens is 332 g/mol. The number of carbonyl (C=O) groups excluding carboxylic acids is 1. The van der Waals surface area contributed by atoms with Crippen molar-refractivity contribution < 1.29 is 4.79 Å². The molecule has 0 atom stereocenters. The van der Waals surface area contributed by atoms with Gasteiger partial charge in [0.25, 0.3) is 0 Å². The second-order valence-electron chi connectivity index (χ2n) is 5.60. The van der Waals surface area contributed by atoms with Gasteiger partial charge in [-0.3, -0.25) is 4.79 Å². The molecule has 0 aliphatic rings. The highest BCUT2D eigenvalue weighted by Crippen LogP contribution is 2.22. The van der Waals surface area contributed by atoms with Crippen molar-refractivity contribution in [3.63, 3.8) is 0 Å². The zero-order valence-corrected chi connectivity index (χ0v) is 13.9. The monoisotopic (exact) mass is 344 g/mol. The third-order valence-electron chi connectivity index (χ3n) is 3.96. The van der Waals surface area contributed by atoms with Crippen LogP contribution in [0, 0.1) is 11.3 Å². The van der Waals surface area contributed by atoms with E-state index in [9.17, 15) is 4.79 Å². The zero-order chi connectivity index (χ0) is 17.2. The summed E-state index contributed by atoms with van der Waals surface area (Å²) in [4.78, 5) is 20.9. The zero-order valence-electron chi connectivity index (χ0n) is 13.1. The standard InChI is InChI=1S/C19H12N4OS/c20-7-13-1-2-15-3-4-23(17(15)5-13)10-14-6-18(25-11-14)19(24)16-8-21-12-22-9-16/h1-6,8-9,11-12H,10H2. The number of thiophene rings is 1. The van der Waals surface area contributed by atoms with E-state index in [1.807, 2.05) is 41.9 Å².